The number of hydrogen-bond donors (Lipinski definition) is 0. The van der Waals surface area contributed by atoms with Gasteiger partial charge in [0, 0.05) is 0 Å². The van der Waals surface area contributed by atoms with Gasteiger partial charge in [0.1, 0.15) is 12.4 Å². The fraction of sp³-hybridized carbons (Fsp3) is 0.500. The lowest BCUT2D eigenvalue weighted by atomic mass is 10.1. The SMILES string of the molecule is Cc1cc(C#N)cc(C)c1OCCOC(C)C. The van der Waals surface area contributed by atoms with Crippen LogP contribution in [0.15, 0.2) is 12.1 Å². The summed E-state index contributed by atoms with van der Waals surface area (Å²) in [5.41, 5.74) is 2.66. The lowest BCUT2D eigenvalue weighted by Crippen LogP contribution is -2.12. The van der Waals surface area contributed by atoms with Crippen molar-refractivity contribution in [2.24, 2.45) is 0 Å². The lowest BCUT2D eigenvalue weighted by Gasteiger charge is -2.13. The quantitative estimate of drug-likeness (QED) is 0.734. The molecule has 0 bridgehead atoms. The molecule has 0 atom stereocenters. The minimum absolute atomic E-state index is 0.224. The number of nitriles is 1. The van der Waals surface area contributed by atoms with Crippen LogP contribution in [0.1, 0.15) is 30.5 Å². The second-order valence-electron chi connectivity index (χ2n) is 4.32. The molecule has 0 aromatic heterocycles. The molecule has 0 aliphatic heterocycles. The highest BCUT2D eigenvalue weighted by atomic mass is 16.5. The standard InChI is InChI=1S/C14H19NO2/c1-10(2)16-5-6-17-14-11(3)7-13(9-15)8-12(14)4/h7-8,10H,5-6H2,1-4H3. The van der Waals surface area contributed by atoms with E-state index in [1.54, 1.807) is 0 Å². The van der Waals surface area contributed by atoms with Crippen molar-refractivity contribution < 1.29 is 9.47 Å². The molecule has 92 valence electrons. The highest BCUT2D eigenvalue weighted by Gasteiger charge is 2.06. The van der Waals surface area contributed by atoms with Crippen molar-refractivity contribution >= 4 is 0 Å². The third kappa shape index (κ3) is 4.08. The fourth-order valence-electron chi connectivity index (χ4n) is 1.67. The summed E-state index contributed by atoms with van der Waals surface area (Å²) in [6.45, 7) is 9.01. The summed E-state index contributed by atoms with van der Waals surface area (Å²) in [5.74, 6) is 0.858. The highest BCUT2D eigenvalue weighted by molar-refractivity contribution is 5.47. The van der Waals surface area contributed by atoms with Gasteiger partial charge in [0.25, 0.3) is 0 Å². The van der Waals surface area contributed by atoms with Crippen molar-refractivity contribution in [3.05, 3.63) is 28.8 Å². The zero-order valence-corrected chi connectivity index (χ0v) is 10.9. The summed E-state index contributed by atoms with van der Waals surface area (Å²) in [4.78, 5) is 0. The Morgan fingerprint density at radius 1 is 1.18 bits per heavy atom. The Kier molecular flexibility index (Phi) is 4.99. The molecule has 3 heteroatoms. The zero-order chi connectivity index (χ0) is 12.8. The minimum Gasteiger partial charge on any atom is -0.491 e. The van der Waals surface area contributed by atoms with Crippen LogP contribution in [0.5, 0.6) is 5.75 Å². The first-order valence-corrected chi connectivity index (χ1v) is 5.80. The van der Waals surface area contributed by atoms with E-state index in [0.717, 1.165) is 16.9 Å². The lowest BCUT2D eigenvalue weighted by molar-refractivity contribution is 0.0550. The van der Waals surface area contributed by atoms with Gasteiger partial charge in [-0.25, -0.2) is 0 Å². The normalized spacial score (nSPS) is 10.4. The number of rotatable bonds is 5. The monoisotopic (exact) mass is 233 g/mol. The second-order valence-corrected chi connectivity index (χ2v) is 4.32. The molecule has 3 nitrogen and oxygen atoms in total. The Hall–Kier alpha value is -1.53. The molecule has 0 fully saturated rings. The Labute approximate surface area is 103 Å². The molecule has 0 aliphatic rings. The number of hydrogen-bond acceptors (Lipinski definition) is 3. The van der Waals surface area contributed by atoms with E-state index in [1.807, 2.05) is 39.8 Å². The van der Waals surface area contributed by atoms with Crippen LogP contribution < -0.4 is 4.74 Å². The van der Waals surface area contributed by atoms with E-state index in [9.17, 15) is 0 Å². The van der Waals surface area contributed by atoms with E-state index in [4.69, 9.17) is 14.7 Å². The van der Waals surface area contributed by atoms with Gasteiger partial charge < -0.3 is 9.47 Å². The summed E-state index contributed by atoms with van der Waals surface area (Å²) >= 11 is 0. The summed E-state index contributed by atoms with van der Waals surface area (Å²) in [5, 5.41) is 8.84. The van der Waals surface area contributed by atoms with Gasteiger partial charge in [-0.3, -0.25) is 0 Å². The summed E-state index contributed by atoms with van der Waals surface area (Å²) in [6, 6.07) is 5.82. The van der Waals surface area contributed by atoms with Crippen molar-refractivity contribution in [3.63, 3.8) is 0 Å². The van der Waals surface area contributed by atoms with Crippen LogP contribution >= 0.6 is 0 Å². The summed E-state index contributed by atoms with van der Waals surface area (Å²) in [7, 11) is 0. The van der Waals surface area contributed by atoms with Crippen LogP contribution in [-0.4, -0.2) is 19.3 Å². The molecule has 17 heavy (non-hydrogen) atoms. The summed E-state index contributed by atoms with van der Waals surface area (Å²) < 4.78 is 11.1. The molecular weight excluding hydrogens is 214 g/mol. The van der Waals surface area contributed by atoms with Crippen molar-refractivity contribution in [1.29, 1.82) is 5.26 Å². The second kappa shape index (κ2) is 6.27. The first-order valence-electron chi connectivity index (χ1n) is 5.80. The van der Waals surface area contributed by atoms with Gasteiger partial charge in [-0.15, -0.1) is 0 Å². The van der Waals surface area contributed by atoms with Gasteiger partial charge in [0.15, 0.2) is 0 Å². The van der Waals surface area contributed by atoms with Crippen molar-refractivity contribution in [2.75, 3.05) is 13.2 Å². The van der Waals surface area contributed by atoms with Crippen molar-refractivity contribution in [1.82, 2.24) is 0 Å². The molecule has 0 amide bonds. The van der Waals surface area contributed by atoms with Gasteiger partial charge in [-0.1, -0.05) is 0 Å². The molecule has 0 aliphatic carbocycles. The van der Waals surface area contributed by atoms with Crippen LogP contribution in [-0.2, 0) is 4.74 Å². The number of nitrogens with zero attached hydrogens (tertiary/aromatic N) is 1. The number of ether oxygens (including phenoxy) is 2. The van der Waals surface area contributed by atoms with Crippen LogP contribution in [0.25, 0.3) is 0 Å². The molecular formula is C14H19NO2. The average Bonchev–Trinajstić information content (AvgIpc) is 2.26. The predicted octanol–water partition coefficient (Wildman–Crippen LogP) is 2.98. The van der Waals surface area contributed by atoms with Crippen LogP contribution in [0, 0.1) is 25.2 Å². The maximum atomic E-state index is 8.84. The molecule has 0 saturated heterocycles. The zero-order valence-electron chi connectivity index (χ0n) is 10.9. The molecule has 0 unspecified atom stereocenters. The molecule has 1 rings (SSSR count). The highest BCUT2D eigenvalue weighted by Crippen LogP contribution is 2.24. The Balaban J connectivity index is 2.63. The van der Waals surface area contributed by atoms with E-state index in [0.29, 0.717) is 18.8 Å². The molecule has 0 radical (unpaired) electrons. The maximum Gasteiger partial charge on any atom is 0.125 e. The third-order valence-electron chi connectivity index (χ3n) is 2.37. The first kappa shape index (κ1) is 13.5. The van der Waals surface area contributed by atoms with Gasteiger partial charge in [-0.05, 0) is 51.0 Å². The number of benzene rings is 1. The largest absolute Gasteiger partial charge is 0.491 e. The van der Waals surface area contributed by atoms with Gasteiger partial charge in [0.2, 0.25) is 0 Å². The number of aryl methyl sites for hydroxylation is 2. The smallest absolute Gasteiger partial charge is 0.125 e. The molecule has 0 spiro atoms. The van der Waals surface area contributed by atoms with E-state index in [2.05, 4.69) is 6.07 Å². The molecule has 0 saturated carbocycles. The topological polar surface area (TPSA) is 42.2 Å². The van der Waals surface area contributed by atoms with Crippen LogP contribution in [0.2, 0.25) is 0 Å². The van der Waals surface area contributed by atoms with E-state index in [-0.39, 0.29) is 6.10 Å². The van der Waals surface area contributed by atoms with E-state index in [1.165, 1.54) is 0 Å². The van der Waals surface area contributed by atoms with Gasteiger partial charge >= 0.3 is 0 Å². The fourth-order valence-corrected chi connectivity index (χ4v) is 1.67. The Morgan fingerprint density at radius 3 is 2.24 bits per heavy atom. The maximum absolute atomic E-state index is 8.84. The van der Waals surface area contributed by atoms with Crippen molar-refractivity contribution in [3.8, 4) is 11.8 Å². The average molecular weight is 233 g/mol. The molecule has 0 heterocycles. The first-order chi connectivity index (χ1) is 8.04. The predicted molar refractivity (Wildman–Crippen MR) is 67.2 cm³/mol. The van der Waals surface area contributed by atoms with E-state index >= 15 is 0 Å². The van der Waals surface area contributed by atoms with Crippen molar-refractivity contribution in [2.45, 2.75) is 33.8 Å². The minimum atomic E-state index is 0.224. The summed E-state index contributed by atoms with van der Waals surface area (Å²) in [6.07, 6.45) is 0.224. The van der Waals surface area contributed by atoms with E-state index < -0.39 is 0 Å². The van der Waals surface area contributed by atoms with Gasteiger partial charge in [0.05, 0.1) is 24.3 Å². The Bertz CT molecular complexity index is 396. The molecule has 1 aromatic rings. The third-order valence-corrected chi connectivity index (χ3v) is 2.37. The molecule has 1 aromatic carbocycles. The molecule has 0 N–H and O–H groups in total. The Morgan fingerprint density at radius 2 is 1.76 bits per heavy atom. The van der Waals surface area contributed by atoms with Crippen LogP contribution in [0.4, 0.5) is 0 Å². The van der Waals surface area contributed by atoms with Gasteiger partial charge in [-0.2, -0.15) is 5.26 Å². The van der Waals surface area contributed by atoms with Crippen LogP contribution in [0.3, 0.4) is 0 Å².